The van der Waals surface area contributed by atoms with Crippen LogP contribution in [0.3, 0.4) is 0 Å². The first-order valence-electron chi connectivity index (χ1n) is 7.41. The minimum Gasteiger partial charge on any atom is -0.333 e. The van der Waals surface area contributed by atoms with E-state index in [1.807, 2.05) is 30.3 Å². The van der Waals surface area contributed by atoms with Crippen molar-refractivity contribution in [2.45, 2.75) is 12.5 Å². The van der Waals surface area contributed by atoms with Gasteiger partial charge in [0, 0.05) is 24.7 Å². The van der Waals surface area contributed by atoms with E-state index in [1.54, 1.807) is 4.90 Å². The Balaban J connectivity index is 1.61. The first-order valence-corrected chi connectivity index (χ1v) is 7.41. The van der Waals surface area contributed by atoms with E-state index in [4.69, 9.17) is 0 Å². The molecule has 0 aliphatic carbocycles. The Bertz CT molecular complexity index is 768. The van der Waals surface area contributed by atoms with Crippen molar-refractivity contribution in [3.8, 4) is 0 Å². The molecule has 2 N–H and O–H groups in total. The van der Waals surface area contributed by atoms with Gasteiger partial charge in [-0.25, -0.2) is 13.6 Å². The Labute approximate surface area is 137 Å². The number of anilines is 2. The fourth-order valence-corrected chi connectivity index (χ4v) is 2.60. The second-order valence-electron chi connectivity index (χ2n) is 5.46. The lowest BCUT2D eigenvalue weighted by Gasteiger charge is -2.17. The van der Waals surface area contributed by atoms with Crippen LogP contribution in [-0.2, 0) is 4.79 Å². The van der Waals surface area contributed by atoms with Gasteiger partial charge in [-0.3, -0.25) is 4.79 Å². The number of rotatable bonds is 3. The van der Waals surface area contributed by atoms with Crippen LogP contribution < -0.4 is 15.5 Å². The molecule has 2 aromatic carbocycles. The van der Waals surface area contributed by atoms with Crippen LogP contribution in [0.5, 0.6) is 0 Å². The predicted octanol–water partition coefficient (Wildman–Crippen LogP) is 2.89. The van der Waals surface area contributed by atoms with Crippen molar-refractivity contribution in [3.63, 3.8) is 0 Å². The van der Waals surface area contributed by atoms with Crippen LogP contribution in [0.4, 0.5) is 25.0 Å². The highest BCUT2D eigenvalue weighted by molar-refractivity contribution is 5.97. The molecule has 1 aliphatic heterocycles. The number of hydrogen-bond donors (Lipinski definition) is 2. The summed E-state index contributed by atoms with van der Waals surface area (Å²) in [7, 11) is 0. The van der Waals surface area contributed by atoms with Crippen LogP contribution in [-0.4, -0.2) is 24.5 Å². The maximum atomic E-state index is 13.5. The maximum Gasteiger partial charge on any atom is 0.319 e. The van der Waals surface area contributed by atoms with E-state index in [0.717, 1.165) is 23.9 Å². The highest BCUT2D eigenvalue weighted by Crippen LogP contribution is 2.21. The van der Waals surface area contributed by atoms with Crippen molar-refractivity contribution in [3.05, 3.63) is 60.2 Å². The summed E-state index contributed by atoms with van der Waals surface area (Å²) >= 11 is 0. The van der Waals surface area contributed by atoms with Gasteiger partial charge < -0.3 is 15.5 Å². The molecule has 0 saturated carbocycles. The minimum atomic E-state index is -0.736. The van der Waals surface area contributed by atoms with Crippen LogP contribution in [0.25, 0.3) is 0 Å². The normalized spacial score (nSPS) is 17.0. The number of nitrogens with one attached hydrogen (secondary N) is 2. The molecule has 0 bridgehead atoms. The molecule has 1 saturated heterocycles. The lowest BCUT2D eigenvalue weighted by atomic mass is 10.2. The largest absolute Gasteiger partial charge is 0.333 e. The SMILES string of the molecule is O=C(Nc1cc(F)ccc1F)NC1CC(=O)N(c2ccccc2)C1. The average Bonchev–Trinajstić information content (AvgIpc) is 2.92. The number of carbonyl (C=O) groups is 2. The van der Waals surface area contributed by atoms with Gasteiger partial charge >= 0.3 is 6.03 Å². The maximum absolute atomic E-state index is 13.5. The third-order valence-corrected chi connectivity index (χ3v) is 3.70. The Hall–Kier alpha value is -2.96. The van der Waals surface area contributed by atoms with Gasteiger partial charge in [-0.2, -0.15) is 0 Å². The van der Waals surface area contributed by atoms with Gasteiger partial charge in [-0.05, 0) is 24.3 Å². The zero-order valence-electron chi connectivity index (χ0n) is 12.6. The molecular formula is C17H15F2N3O2. The number of benzene rings is 2. The van der Waals surface area contributed by atoms with Gasteiger partial charge in [0.25, 0.3) is 0 Å². The average molecular weight is 331 g/mol. The van der Waals surface area contributed by atoms with Crippen LogP contribution in [0.1, 0.15) is 6.42 Å². The van der Waals surface area contributed by atoms with E-state index in [1.165, 1.54) is 0 Å². The number of amides is 3. The van der Waals surface area contributed by atoms with Crippen LogP contribution >= 0.6 is 0 Å². The topological polar surface area (TPSA) is 61.4 Å². The van der Waals surface area contributed by atoms with E-state index in [2.05, 4.69) is 10.6 Å². The van der Waals surface area contributed by atoms with Gasteiger partial charge in [0.15, 0.2) is 0 Å². The smallest absolute Gasteiger partial charge is 0.319 e. The third-order valence-electron chi connectivity index (χ3n) is 3.70. The van der Waals surface area contributed by atoms with Crippen molar-refractivity contribution < 1.29 is 18.4 Å². The summed E-state index contributed by atoms with van der Waals surface area (Å²) in [6.07, 6.45) is 0.147. The summed E-state index contributed by atoms with van der Waals surface area (Å²) in [5.74, 6) is -1.50. The Morgan fingerprint density at radius 2 is 1.88 bits per heavy atom. The molecular weight excluding hydrogens is 316 g/mol. The summed E-state index contributed by atoms with van der Waals surface area (Å²) in [6, 6.07) is 10.8. The fraction of sp³-hybridized carbons (Fsp3) is 0.176. The molecule has 1 atom stereocenters. The first kappa shape index (κ1) is 15.9. The fourth-order valence-electron chi connectivity index (χ4n) is 2.60. The van der Waals surface area contributed by atoms with Crippen molar-refractivity contribution in [2.24, 2.45) is 0 Å². The number of urea groups is 1. The van der Waals surface area contributed by atoms with E-state index in [0.29, 0.717) is 6.54 Å². The third kappa shape index (κ3) is 3.51. The molecule has 1 unspecified atom stereocenters. The van der Waals surface area contributed by atoms with E-state index >= 15 is 0 Å². The molecule has 7 heteroatoms. The Kier molecular flexibility index (Phi) is 4.41. The molecule has 0 spiro atoms. The second-order valence-corrected chi connectivity index (χ2v) is 5.46. The molecule has 1 fully saturated rings. The molecule has 3 amide bonds. The van der Waals surface area contributed by atoms with Crippen LogP contribution in [0, 0.1) is 11.6 Å². The quantitative estimate of drug-likeness (QED) is 0.908. The number of para-hydroxylation sites is 1. The molecule has 3 rings (SSSR count). The molecule has 0 radical (unpaired) electrons. The molecule has 5 nitrogen and oxygen atoms in total. The molecule has 124 valence electrons. The summed E-state index contributed by atoms with van der Waals surface area (Å²) in [5, 5.41) is 4.86. The number of halogens is 2. The number of nitrogens with zero attached hydrogens (tertiary/aromatic N) is 1. The molecule has 1 aliphatic rings. The first-order chi connectivity index (χ1) is 11.5. The van der Waals surface area contributed by atoms with Gasteiger partial charge in [0.2, 0.25) is 5.91 Å². The van der Waals surface area contributed by atoms with E-state index in [-0.39, 0.29) is 18.0 Å². The van der Waals surface area contributed by atoms with E-state index in [9.17, 15) is 18.4 Å². The zero-order chi connectivity index (χ0) is 17.1. The van der Waals surface area contributed by atoms with Crippen molar-refractivity contribution in [1.29, 1.82) is 0 Å². The second kappa shape index (κ2) is 6.66. The summed E-state index contributed by atoms with van der Waals surface area (Å²) in [4.78, 5) is 25.6. The monoisotopic (exact) mass is 331 g/mol. The minimum absolute atomic E-state index is 0.108. The van der Waals surface area contributed by atoms with E-state index < -0.39 is 23.7 Å². The predicted molar refractivity (Wildman–Crippen MR) is 85.7 cm³/mol. The summed E-state index contributed by atoms with van der Waals surface area (Å²) in [6.45, 7) is 0.321. The van der Waals surface area contributed by atoms with Crippen LogP contribution in [0.2, 0.25) is 0 Å². The lowest BCUT2D eigenvalue weighted by molar-refractivity contribution is -0.117. The summed E-state index contributed by atoms with van der Waals surface area (Å²) in [5.41, 5.74) is 0.500. The Morgan fingerprint density at radius 1 is 1.12 bits per heavy atom. The lowest BCUT2D eigenvalue weighted by Crippen LogP contribution is -2.39. The van der Waals surface area contributed by atoms with Gasteiger partial charge in [0.05, 0.1) is 11.7 Å². The Morgan fingerprint density at radius 3 is 2.62 bits per heavy atom. The molecule has 2 aromatic rings. The van der Waals surface area contributed by atoms with Gasteiger partial charge in [-0.1, -0.05) is 18.2 Å². The number of hydrogen-bond acceptors (Lipinski definition) is 2. The van der Waals surface area contributed by atoms with Crippen molar-refractivity contribution in [2.75, 3.05) is 16.8 Å². The summed E-state index contributed by atoms with van der Waals surface area (Å²) < 4.78 is 26.6. The molecule has 1 heterocycles. The van der Waals surface area contributed by atoms with Crippen molar-refractivity contribution >= 4 is 23.3 Å². The van der Waals surface area contributed by atoms with Gasteiger partial charge in [-0.15, -0.1) is 0 Å². The standard InChI is InChI=1S/C17H15F2N3O2/c18-11-6-7-14(19)15(8-11)21-17(24)20-12-9-16(23)22(10-12)13-4-2-1-3-5-13/h1-8,12H,9-10H2,(H2,20,21,24). The molecule has 24 heavy (non-hydrogen) atoms. The highest BCUT2D eigenvalue weighted by Gasteiger charge is 2.31. The van der Waals surface area contributed by atoms with Crippen LogP contribution in [0.15, 0.2) is 48.5 Å². The van der Waals surface area contributed by atoms with Gasteiger partial charge in [0.1, 0.15) is 11.6 Å². The molecule has 0 aromatic heterocycles. The zero-order valence-corrected chi connectivity index (χ0v) is 12.6. The van der Waals surface area contributed by atoms with Crippen molar-refractivity contribution in [1.82, 2.24) is 5.32 Å². The highest BCUT2D eigenvalue weighted by atomic mass is 19.1. The number of carbonyl (C=O) groups excluding carboxylic acids is 2.